The first-order valence-corrected chi connectivity index (χ1v) is 6.22. The Labute approximate surface area is 114 Å². The number of nitrogens with two attached hydrogens (primary N) is 1. The summed E-state index contributed by atoms with van der Waals surface area (Å²) in [5, 5.41) is 14.6. The van der Waals surface area contributed by atoms with E-state index in [-0.39, 0.29) is 11.3 Å². The van der Waals surface area contributed by atoms with Crippen LogP contribution in [0, 0.1) is 5.41 Å². The second-order valence-corrected chi connectivity index (χ2v) is 5.20. The molecular weight excluding hydrogens is 271 g/mol. The van der Waals surface area contributed by atoms with Crippen LogP contribution in [0.15, 0.2) is 29.4 Å². The molecule has 1 fully saturated rings. The Morgan fingerprint density at radius 2 is 1.90 bits per heavy atom. The molecule has 0 unspecified atom stereocenters. The molecule has 2 rings (SSSR count). The number of anilines is 1. The molecule has 20 heavy (non-hydrogen) atoms. The molecule has 110 valence electrons. The van der Waals surface area contributed by atoms with Gasteiger partial charge in [0, 0.05) is 18.7 Å². The van der Waals surface area contributed by atoms with Crippen LogP contribution in [0.25, 0.3) is 0 Å². The third-order valence-electron chi connectivity index (χ3n) is 3.52. The molecule has 1 saturated carbocycles. The molecular formula is C13H16F3N3O. The fourth-order valence-electron chi connectivity index (χ4n) is 2.08. The highest BCUT2D eigenvalue weighted by Gasteiger charge is 2.43. The van der Waals surface area contributed by atoms with E-state index in [4.69, 9.17) is 10.9 Å². The monoisotopic (exact) mass is 287 g/mol. The van der Waals surface area contributed by atoms with Gasteiger partial charge in [-0.2, -0.15) is 13.2 Å². The van der Waals surface area contributed by atoms with Gasteiger partial charge in [0.2, 0.25) is 0 Å². The summed E-state index contributed by atoms with van der Waals surface area (Å²) in [5.74, 6) is 0.178. The van der Waals surface area contributed by atoms with Crippen LogP contribution in [-0.2, 0) is 6.18 Å². The van der Waals surface area contributed by atoms with Gasteiger partial charge in [0.25, 0.3) is 0 Å². The average Bonchev–Trinajstić information content (AvgIpc) is 3.16. The van der Waals surface area contributed by atoms with Crippen molar-refractivity contribution in [3.05, 3.63) is 29.8 Å². The minimum absolute atomic E-state index is 0.0426. The van der Waals surface area contributed by atoms with Gasteiger partial charge in [-0.15, -0.1) is 0 Å². The largest absolute Gasteiger partial charge is 0.416 e. The van der Waals surface area contributed by atoms with Crippen LogP contribution >= 0.6 is 0 Å². The van der Waals surface area contributed by atoms with Crippen molar-refractivity contribution >= 4 is 11.5 Å². The molecule has 0 aromatic heterocycles. The standard InChI is InChI=1S/C13H16F3N3O/c14-13(15,16)9-1-3-10(4-2-9)18-8-12(5-6-12)7-11(17)19-20/h1-4,18,20H,5-8H2,(H2,17,19). The van der Waals surface area contributed by atoms with E-state index in [1.807, 2.05) is 0 Å². The summed E-state index contributed by atoms with van der Waals surface area (Å²) in [6.45, 7) is 0.592. The van der Waals surface area contributed by atoms with E-state index in [1.165, 1.54) is 12.1 Å². The van der Waals surface area contributed by atoms with Gasteiger partial charge in [-0.1, -0.05) is 5.16 Å². The number of nitrogens with one attached hydrogen (secondary N) is 1. The van der Waals surface area contributed by atoms with E-state index in [0.717, 1.165) is 25.0 Å². The predicted molar refractivity (Wildman–Crippen MR) is 69.6 cm³/mol. The van der Waals surface area contributed by atoms with Gasteiger partial charge >= 0.3 is 6.18 Å². The molecule has 0 amide bonds. The van der Waals surface area contributed by atoms with E-state index < -0.39 is 11.7 Å². The molecule has 0 bridgehead atoms. The van der Waals surface area contributed by atoms with Crippen LogP contribution in [0.4, 0.5) is 18.9 Å². The summed E-state index contributed by atoms with van der Waals surface area (Å²) in [4.78, 5) is 0. The highest BCUT2D eigenvalue weighted by atomic mass is 19.4. The quantitative estimate of drug-likeness (QED) is 0.337. The van der Waals surface area contributed by atoms with Crippen molar-refractivity contribution in [1.29, 1.82) is 0 Å². The zero-order chi connectivity index (χ0) is 14.8. The van der Waals surface area contributed by atoms with Gasteiger partial charge in [-0.3, -0.25) is 0 Å². The maximum atomic E-state index is 12.4. The second-order valence-electron chi connectivity index (χ2n) is 5.20. The Kier molecular flexibility index (Phi) is 3.78. The minimum atomic E-state index is -4.32. The van der Waals surface area contributed by atoms with E-state index in [1.54, 1.807) is 0 Å². The average molecular weight is 287 g/mol. The Morgan fingerprint density at radius 3 is 2.35 bits per heavy atom. The number of hydrogen-bond donors (Lipinski definition) is 3. The predicted octanol–water partition coefficient (Wildman–Crippen LogP) is 3.03. The molecule has 4 nitrogen and oxygen atoms in total. The molecule has 1 aromatic rings. The number of halogens is 3. The molecule has 0 radical (unpaired) electrons. The number of nitrogens with zero attached hydrogens (tertiary/aromatic N) is 1. The van der Waals surface area contributed by atoms with E-state index >= 15 is 0 Å². The maximum Gasteiger partial charge on any atom is 0.416 e. The van der Waals surface area contributed by atoms with Gasteiger partial charge in [-0.25, -0.2) is 0 Å². The van der Waals surface area contributed by atoms with Crippen molar-refractivity contribution in [3.63, 3.8) is 0 Å². The van der Waals surface area contributed by atoms with E-state index in [2.05, 4.69) is 10.5 Å². The third-order valence-corrected chi connectivity index (χ3v) is 3.52. The maximum absolute atomic E-state index is 12.4. The van der Waals surface area contributed by atoms with Crippen LogP contribution in [0.2, 0.25) is 0 Å². The van der Waals surface area contributed by atoms with Gasteiger partial charge < -0.3 is 16.3 Å². The molecule has 0 aliphatic heterocycles. The van der Waals surface area contributed by atoms with Gasteiger partial charge in [0.05, 0.1) is 5.56 Å². The summed E-state index contributed by atoms with van der Waals surface area (Å²) in [6, 6.07) is 4.90. The molecule has 0 atom stereocenters. The van der Waals surface area contributed by atoms with Gasteiger partial charge in [-0.05, 0) is 42.5 Å². The molecule has 1 aliphatic carbocycles. The highest BCUT2D eigenvalue weighted by Crippen LogP contribution is 2.48. The van der Waals surface area contributed by atoms with Crippen LogP contribution in [0.1, 0.15) is 24.8 Å². The summed E-state index contributed by atoms with van der Waals surface area (Å²) in [6.07, 6.45) is -1.92. The molecule has 1 aromatic carbocycles. The van der Waals surface area contributed by atoms with Crippen LogP contribution in [0.5, 0.6) is 0 Å². The Balaban J connectivity index is 1.92. The first kappa shape index (κ1) is 14.5. The molecule has 4 N–H and O–H groups in total. The molecule has 0 saturated heterocycles. The third kappa shape index (κ3) is 3.55. The number of rotatable bonds is 5. The van der Waals surface area contributed by atoms with Crippen molar-refractivity contribution in [2.24, 2.45) is 16.3 Å². The van der Waals surface area contributed by atoms with Gasteiger partial charge in [0.15, 0.2) is 0 Å². The Hall–Kier alpha value is -1.92. The molecule has 1 aliphatic rings. The summed E-state index contributed by atoms with van der Waals surface area (Å²) >= 11 is 0. The lowest BCUT2D eigenvalue weighted by molar-refractivity contribution is -0.137. The normalized spacial score (nSPS) is 17.9. The lowest BCUT2D eigenvalue weighted by Gasteiger charge is -2.16. The molecule has 7 heteroatoms. The van der Waals surface area contributed by atoms with Crippen molar-refractivity contribution in [1.82, 2.24) is 0 Å². The van der Waals surface area contributed by atoms with Crippen molar-refractivity contribution in [2.45, 2.75) is 25.4 Å². The molecule has 0 heterocycles. The van der Waals surface area contributed by atoms with Crippen molar-refractivity contribution in [2.75, 3.05) is 11.9 Å². The van der Waals surface area contributed by atoms with Crippen LogP contribution in [-0.4, -0.2) is 17.6 Å². The highest BCUT2D eigenvalue weighted by molar-refractivity contribution is 5.80. The Morgan fingerprint density at radius 1 is 1.30 bits per heavy atom. The van der Waals surface area contributed by atoms with E-state index in [0.29, 0.717) is 18.7 Å². The number of oxime groups is 1. The number of amidine groups is 1. The minimum Gasteiger partial charge on any atom is -0.409 e. The number of hydrogen-bond acceptors (Lipinski definition) is 3. The number of alkyl halides is 3. The van der Waals surface area contributed by atoms with Crippen LogP contribution in [0.3, 0.4) is 0 Å². The lowest BCUT2D eigenvalue weighted by atomic mass is 10.0. The topological polar surface area (TPSA) is 70.6 Å². The first-order chi connectivity index (χ1) is 9.35. The van der Waals surface area contributed by atoms with Crippen molar-refractivity contribution in [3.8, 4) is 0 Å². The zero-order valence-corrected chi connectivity index (χ0v) is 10.7. The SMILES string of the molecule is NC(CC1(CNc2ccc(C(F)(F)F)cc2)CC1)=NO. The Bertz CT molecular complexity index is 493. The first-order valence-electron chi connectivity index (χ1n) is 6.22. The fraction of sp³-hybridized carbons (Fsp3) is 0.462. The fourth-order valence-corrected chi connectivity index (χ4v) is 2.08. The number of benzene rings is 1. The smallest absolute Gasteiger partial charge is 0.409 e. The zero-order valence-electron chi connectivity index (χ0n) is 10.7. The summed E-state index contributed by atoms with van der Waals surface area (Å²) < 4.78 is 37.2. The summed E-state index contributed by atoms with van der Waals surface area (Å²) in [7, 11) is 0. The van der Waals surface area contributed by atoms with Crippen molar-refractivity contribution < 1.29 is 18.4 Å². The van der Waals surface area contributed by atoms with Gasteiger partial charge in [0.1, 0.15) is 5.84 Å². The second kappa shape index (κ2) is 5.22. The van der Waals surface area contributed by atoms with Crippen LogP contribution < -0.4 is 11.1 Å². The molecule has 0 spiro atoms. The lowest BCUT2D eigenvalue weighted by Crippen LogP contribution is -2.23. The van der Waals surface area contributed by atoms with E-state index in [9.17, 15) is 13.2 Å². The summed E-state index contributed by atoms with van der Waals surface area (Å²) in [5.41, 5.74) is 5.40.